The molecular weight excluding hydrogens is 274 g/mol. The molecule has 0 spiro atoms. The number of carbonyl (C=O) groups is 1. The molecule has 3 rings (SSSR count). The summed E-state index contributed by atoms with van der Waals surface area (Å²) in [6, 6.07) is 17.0. The van der Waals surface area contributed by atoms with E-state index < -0.39 is 0 Å². The van der Waals surface area contributed by atoms with E-state index in [9.17, 15) is 4.79 Å². The first-order valence-electron chi connectivity index (χ1n) is 7.09. The molecule has 0 aliphatic heterocycles. The van der Waals surface area contributed by atoms with Crippen molar-refractivity contribution < 1.29 is 4.79 Å². The van der Waals surface area contributed by atoms with E-state index in [1.54, 1.807) is 12.1 Å². The molecule has 1 heterocycles. The summed E-state index contributed by atoms with van der Waals surface area (Å²) in [4.78, 5) is 17.1. The van der Waals surface area contributed by atoms with Gasteiger partial charge in [0.15, 0.2) is 5.82 Å². The van der Waals surface area contributed by atoms with Gasteiger partial charge in [0.05, 0.1) is 0 Å². The molecule has 0 fully saturated rings. The minimum atomic E-state index is -0.126. The number of nitrogen functional groups attached to an aromatic ring is 1. The Morgan fingerprint density at radius 2 is 1.64 bits per heavy atom. The van der Waals surface area contributed by atoms with Crippen LogP contribution < -0.4 is 5.73 Å². The van der Waals surface area contributed by atoms with Gasteiger partial charge in [-0.25, -0.2) is 4.98 Å². The Hall–Kier alpha value is -2.88. The van der Waals surface area contributed by atoms with Crippen LogP contribution in [0.5, 0.6) is 0 Å². The number of nitrogens with two attached hydrogens (primary N) is 1. The van der Waals surface area contributed by atoms with E-state index in [2.05, 4.69) is 4.98 Å². The van der Waals surface area contributed by atoms with Crippen LogP contribution in [0.4, 0.5) is 5.82 Å². The highest BCUT2D eigenvalue weighted by Gasteiger charge is 2.21. The highest BCUT2D eigenvalue weighted by atomic mass is 16.1. The van der Waals surface area contributed by atoms with Crippen molar-refractivity contribution in [3.63, 3.8) is 0 Å². The van der Waals surface area contributed by atoms with Crippen LogP contribution in [0.3, 0.4) is 0 Å². The zero-order valence-corrected chi connectivity index (χ0v) is 12.6. The Morgan fingerprint density at radius 1 is 1.00 bits per heavy atom. The summed E-state index contributed by atoms with van der Waals surface area (Å²) < 4.78 is 1.81. The molecule has 0 radical (unpaired) electrons. The van der Waals surface area contributed by atoms with Gasteiger partial charge in [0, 0.05) is 11.3 Å². The van der Waals surface area contributed by atoms with E-state index in [1.165, 1.54) is 0 Å². The van der Waals surface area contributed by atoms with Crippen LogP contribution in [0, 0.1) is 13.8 Å². The molecule has 0 saturated heterocycles. The number of hydrogen-bond acceptors (Lipinski definition) is 3. The molecule has 110 valence electrons. The minimum Gasteiger partial charge on any atom is -0.382 e. The summed E-state index contributed by atoms with van der Waals surface area (Å²) in [5.74, 6) is 0.826. The van der Waals surface area contributed by atoms with Crippen LogP contribution in [-0.4, -0.2) is 15.3 Å². The van der Waals surface area contributed by atoms with Crippen LogP contribution in [0.2, 0.25) is 0 Å². The van der Waals surface area contributed by atoms with Gasteiger partial charge in [0.2, 0.25) is 5.78 Å². The maximum absolute atomic E-state index is 12.8. The number of carbonyl (C=O) groups excluding carboxylic acids is 1. The van der Waals surface area contributed by atoms with Crippen molar-refractivity contribution in [2.75, 3.05) is 5.73 Å². The van der Waals surface area contributed by atoms with Crippen LogP contribution in [0.15, 0.2) is 54.6 Å². The first-order valence-corrected chi connectivity index (χ1v) is 7.09. The number of imidazole rings is 1. The fourth-order valence-corrected chi connectivity index (χ4v) is 2.51. The fraction of sp³-hybridized carbons (Fsp3) is 0.111. The third-order valence-corrected chi connectivity index (χ3v) is 3.62. The van der Waals surface area contributed by atoms with E-state index in [4.69, 9.17) is 5.73 Å². The van der Waals surface area contributed by atoms with Crippen LogP contribution >= 0.6 is 0 Å². The number of nitrogens with zero attached hydrogens (tertiary/aromatic N) is 2. The molecule has 4 heteroatoms. The highest BCUT2D eigenvalue weighted by Crippen LogP contribution is 2.23. The van der Waals surface area contributed by atoms with Crippen molar-refractivity contribution in [1.82, 2.24) is 9.55 Å². The number of anilines is 1. The van der Waals surface area contributed by atoms with Crippen LogP contribution in [0.25, 0.3) is 5.69 Å². The lowest BCUT2D eigenvalue weighted by molar-refractivity contribution is 0.103. The normalized spacial score (nSPS) is 10.6. The summed E-state index contributed by atoms with van der Waals surface area (Å²) in [7, 11) is 0. The number of aromatic nitrogens is 2. The summed E-state index contributed by atoms with van der Waals surface area (Å²) in [5.41, 5.74) is 9.04. The second-order valence-corrected chi connectivity index (χ2v) is 5.26. The average Bonchev–Trinajstić information content (AvgIpc) is 2.82. The maximum atomic E-state index is 12.8. The summed E-state index contributed by atoms with van der Waals surface area (Å²) >= 11 is 0. The van der Waals surface area contributed by atoms with E-state index in [1.807, 2.05) is 60.9 Å². The molecule has 2 aromatic carbocycles. The number of aryl methyl sites for hydroxylation is 2. The summed E-state index contributed by atoms with van der Waals surface area (Å²) in [6.07, 6.45) is 0. The van der Waals surface area contributed by atoms with Gasteiger partial charge in [0.25, 0.3) is 0 Å². The highest BCUT2D eigenvalue weighted by molar-refractivity contribution is 6.11. The van der Waals surface area contributed by atoms with Crippen molar-refractivity contribution >= 4 is 11.6 Å². The Labute approximate surface area is 129 Å². The predicted octanol–water partition coefficient (Wildman–Crippen LogP) is 3.30. The van der Waals surface area contributed by atoms with Gasteiger partial charge >= 0.3 is 0 Å². The summed E-state index contributed by atoms with van der Waals surface area (Å²) in [5, 5.41) is 0. The van der Waals surface area contributed by atoms with Gasteiger partial charge < -0.3 is 5.73 Å². The van der Waals surface area contributed by atoms with Gasteiger partial charge in [0.1, 0.15) is 11.5 Å². The monoisotopic (exact) mass is 291 g/mol. The molecule has 3 aromatic rings. The molecule has 4 nitrogen and oxygen atoms in total. The molecule has 0 atom stereocenters. The molecule has 22 heavy (non-hydrogen) atoms. The Kier molecular flexibility index (Phi) is 3.51. The number of benzene rings is 2. The Balaban J connectivity index is 2.16. The van der Waals surface area contributed by atoms with E-state index >= 15 is 0 Å². The van der Waals surface area contributed by atoms with Crippen LogP contribution in [0.1, 0.15) is 27.4 Å². The molecule has 0 amide bonds. The largest absolute Gasteiger partial charge is 0.382 e. The first-order chi connectivity index (χ1) is 10.6. The van der Waals surface area contributed by atoms with Gasteiger partial charge in [-0.2, -0.15) is 0 Å². The van der Waals surface area contributed by atoms with Crippen LogP contribution in [-0.2, 0) is 0 Å². The minimum absolute atomic E-state index is 0.126. The van der Waals surface area contributed by atoms with Crippen molar-refractivity contribution in [1.29, 1.82) is 0 Å². The fourth-order valence-electron chi connectivity index (χ4n) is 2.51. The van der Waals surface area contributed by atoms with E-state index in [-0.39, 0.29) is 11.6 Å². The topological polar surface area (TPSA) is 60.9 Å². The molecule has 0 saturated carbocycles. The smallest absolute Gasteiger partial charge is 0.213 e. The second kappa shape index (κ2) is 5.48. The standard InChI is InChI=1S/C18H17N3O/c1-12-8-10-15(11-9-12)21-13(2)20-18(19)16(21)17(22)14-6-4-3-5-7-14/h3-11H,19H2,1-2H3. The van der Waals surface area contributed by atoms with Gasteiger partial charge in [-0.3, -0.25) is 9.36 Å². The molecule has 2 N–H and O–H groups in total. The van der Waals surface area contributed by atoms with Crippen molar-refractivity contribution in [2.24, 2.45) is 0 Å². The zero-order chi connectivity index (χ0) is 15.7. The maximum Gasteiger partial charge on any atom is 0.213 e. The molecule has 0 aliphatic carbocycles. The van der Waals surface area contributed by atoms with E-state index in [0.29, 0.717) is 17.1 Å². The van der Waals surface area contributed by atoms with Crippen molar-refractivity contribution in [2.45, 2.75) is 13.8 Å². The third-order valence-electron chi connectivity index (χ3n) is 3.62. The van der Waals surface area contributed by atoms with Crippen molar-refractivity contribution in [3.8, 4) is 5.69 Å². The Morgan fingerprint density at radius 3 is 2.27 bits per heavy atom. The molecular formula is C18H17N3O. The first kappa shape index (κ1) is 14.1. The lowest BCUT2D eigenvalue weighted by atomic mass is 10.1. The predicted molar refractivity (Wildman–Crippen MR) is 87.3 cm³/mol. The lowest BCUT2D eigenvalue weighted by Crippen LogP contribution is -2.11. The third kappa shape index (κ3) is 2.39. The number of ketones is 1. The Bertz CT molecular complexity index is 818. The van der Waals surface area contributed by atoms with Gasteiger partial charge in [-0.05, 0) is 26.0 Å². The average molecular weight is 291 g/mol. The quantitative estimate of drug-likeness (QED) is 0.753. The van der Waals surface area contributed by atoms with Gasteiger partial charge in [-0.1, -0.05) is 48.0 Å². The van der Waals surface area contributed by atoms with E-state index in [0.717, 1.165) is 11.3 Å². The summed E-state index contributed by atoms with van der Waals surface area (Å²) in [6.45, 7) is 3.87. The SMILES string of the molecule is Cc1ccc(-n2c(C)nc(N)c2C(=O)c2ccccc2)cc1. The lowest BCUT2D eigenvalue weighted by Gasteiger charge is -2.10. The van der Waals surface area contributed by atoms with Gasteiger partial charge in [-0.15, -0.1) is 0 Å². The second-order valence-electron chi connectivity index (χ2n) is 5.26. The molecule has 0 aliphatic rings. The molecule has 0 bridgehead atoms. The number of rotatable bonds is 3. The number of hydrogen-bond donors (Lipinski definition) is 1. The zero-order valence-electron chi connectivity index (χ0n) is 12.6. The molecule has 0 unspecified atom stereocenters. The molecule has 1 aromatic heterocycles. The van der Waals surface area contributed by atoms with Crippen molar-refractivity contribution in [3.05, 3.63) is 77.2 Å².